The van der Waals surface area contributed by atoms with E-state index in [-0.39, 0.29) is 11.8 Å². The van der Waals surface area contributed by atoms with Crippen molar-refractivity contribution in [3.63, 3.8) is 0 Å². The van der Waals surface area contributed by atoms with Gasteiger partial charge in [0.05, 0.1) is 5.69 Å². The van der Waals surface area contributed by atoms with Crippen LogP contribution in [0.3, 0.4) is 0 Å². The Morgan fingerprint density at radius 3 is 3.00 bits per heavy atom. The summed E-state index contributed by atoms with van der Waals surface area (Å²) in [5.74, 6) is 0.0643. The molecule has 0 radical (unpaired) electrons. The van der Waals surface area contributed by atoms with Crippen molar-refractivity contribution in [3.8, 4) is 5.69 Å². The molecule has 1 aromatic carbocycles. The molecule has 1 fully saturated rings. The van der Waals surface area contributed by atoms with Crippen LogP contribution in [-0.2, 0) is 9.53 Å². The van der Waals surface area contributed by atoms with Crippen LogP contribution in [0.2, 0.25) is 0 Å². The number of hydrogen-bond acceptors (Lipinski definition) is 6. The summed E-state index contributed by atoms with van der Waals surface area (Å²) in [5.41, 5.74) is 1.57. The predicted molar refractivity (Wildman–Crippen MR) is 83.1 cm³/mol. The van der Waals surface area contributed by atoms with Crippen molar-refractivity contribution in [2.45, 2.75) is 18.0 Å². The van der Waals surface area contributed by atoms with Gasteiger partial charge in [0.15, 0.2) is 0 Å². The number of benzene rings is 1. The molecule has 0 aliphatic carbocycles. The number of carbonyl (C=O) groups excluding carboxylic acids is 1. The highest BCUT2D eigenvalue weighted by molar-refractivity contribution is 7.98. The topological polar surface area (TPSA) is 81.9 Å². The summed E-state index contributed by atoms with van der Waals surface area (Å²) in [5, 5.41) is 15.3. The molecule has 7 nitrogen and oxygen atoms in total. The molecule has 0 spiro atoms. The molecule has 1 saturated heterocycles. The highest BCUT2D eigenvalue weighted by atomic mass is 32.2. The van der Waals surface area contributed by atoms with Crippen molar-refractivity contribution in [3.05, 3.63) is 24.3 Å². The summed E-state index contributed by atoms with van der Waals surface area (Å²) < 4.78 is 6.93. The number of nitrogens with zero attached hydrogens (tertiary/aromatic N) is 4. The highest BCUT2D eigenvalue weighted by Crippen LogP contribution is 2.21. The Kier molecular flexibility index (Phi) is 4.69. The minimum absolute atomic E-state index is 0.0206. The Labute approximate surface area is 132 Å². The SMILES string of the molecule is CSc1nnnn1-c1cccc(NC(=O)C2CCOCC2)c1. The minimum Gasteiger partial charge on any atom is -0.381 e. The standard InChI is InChI=1S/C14H17N5O2S/c1-22-14-16-17-18-19(14)12-4-2-3-11(9-12)15-13(20)10-5-7-21-8-6-10/h2-4,9-10H,5-8H2,1H3,(H,15,20). The van der Waals surface area contributed by atoms with Crippen LogP contribution < -0.4 is 5.32 Å². The van der Waals surface area contributed by atoms with Crippen molar-refractivity contribution in [1.82, 2.24) is 20.2 Å². The third kappa shape index (κ3) is 3.28. The van der Waals surface area contributed by atoms with Gasteiger partial charge < -0.3 is 10.1 Å². The molecular weight excluding hydrogens is 302 g/mol. The molecule has 1 aliphatic rings. The third-order valence-electron chi connectivity index (χ3n) is 3.57. The fourth-order valence-corrected chi connectivity index (χ4v) is 2.82. The molecule has 1 amide bonds. The Morgan fingerprint density at radius 2 is 2.23 bits per heavy atom. The van der Waals surface area contributed by atoms with Crippen LogP contribution in [0.5, 0.6) is 0 Å². The summed E-state index contributed by atoms with van der Waals surface area (Å²) in [6.45, 7) is 1.31. The maximum absolute atomic E-state index is 12.3. The van der Waals surface area contributed by atoms with Crippen LogP contribution in [0.25, 0.3) is 5.69 Å². The molecule has 2 aromatic rings. The van der Waals surface area contributed by atoms with Crippen molar-refractivity contribution in [1.29, 1.82) is 0 Å². The molecule has 22 heavy (non-hydrogen) atoms. The fraction of sp³-hybridized carbons (Fsp3) is 0.429. The van der Waals surface area contributed by atoms with Gasteiger partial charge in [-0.3, -0.25) is 4.79 Å². The van der Waals surface area contributed by atoms with Gasteiger partial charge in [-0.25, -0.2) is 0 Å². The number of thioether (sulfide) groups is 1. The second-order valence-corrected chi connectivity index (χ2v) is 5.78. The first-order chi connectivity index (χ1) is 10.8. The third-order valence-corrected chi connectivity index (χ3v) is 4.19. The van der Waals surface area contributed by atoms with E-state index in [1.165, 1.54) is 11.8 Å². The van der Waals surface area contributed by atoms with E-state index in [2.05, 4.69) is 20.8 Å². The van der Waals surface area contributed by atoms with Crippen LogP contribution in [0.4, 0.5) is 5.69 Å². The maximum atomic E-state index is 12.3. The normalized spacial score (nSPS) is 15.7. The van der Waals surface area contributed by atoms with Crippen molar-refractivity contribution < 1.29 is 9.53 Å². The van der Waals surface area contributed by atoms with E-state index in [0.717, 1.165) is 24.2 Å². The first-order valence-corrected chi connectivity index (χ1v) is 8.32. The van der Waals surface area contributed by atoms with Crippen LogP contribution in [-0.4, -0.2) is 45.6 Å². The van der Waals surface area contributed by atoms with Gasteiger partial charge in [-0.1, -0.05) is 17.8 Å². The second kappa shape index (κ2) is 6.89. The average Bonchev–Trinajstić information content (AvgIpc) is 3.04. The van der Waals surface area contributed by atoms with Gasteiger partial charge in [-0.2, -0.15) is 4.68 Å². The molecule has 1 N–H and O–H groups in total. The van der Waals surface area contributed by atoms with Gasteiger partial charge in [-0.05, 0) is 47.7 Å². The predicted octanol–water partition coefficient (Wildman–Crippen LogP) is 1.75. The number of tetrazole rings is 1. The first kappa shape index (κ1) is 15.0. The van der Waals surface area contributed by atoms with Crippen LogP contribution in [0, 0.1) is 5.92 Å². The number of carbonyl (C=O) groups is 1. The lowest BCUT2D eigenvalue weighted by Crippen LogP contribution is -2.28. The zero-order valence-electron chi connectivity index (χ0n) is 12.2. The molecule has 0 atom stereocenters. The zero-order valence-corrected chi connectivity index (χ0v) is 13.0. The first-order valence-electron chi connectivity index (χ1n) is 7.09. The second-order valence-electron chi connectivity index (χ2n) is 5.00. The van der Waals surface area contributed by atoms with Crippen LogP contribution in [0.1, 0.15) is 12.8 Å². The molecule has 0 bridgehead atoms. The van der Waals surface area contributed by atoms with Gasteiger partial charge >= 0.3 is 0 Å². The molecule has 1 aromatic heterocycles. The molecular formula is C14H17N5O2S. The number of aromatic nitrogens is 4. The molecule has 1 aliphatic heterocycles. The van der Waals surface area contributed by atoms with E-state index in [4.69, 9.17) is 4.74 Å². The largest absolute Gasteiger partial charge is 0.381 e. The summed E-state index contributed by atoms with van der Waals surface area (Å²) in [4.78, 5) is 12.3. The summed E-state index contributed by atoms with van der Waals surface area (Å²) in [6.07, 6.45) is 3.46. The summed E-state index contributed by atoms with van der Waals surface area (Å²) in [6, 6.07) is 7.51. The fourth-order valence-electron chi connectivity index (χ4n) is 2.39. The van der Waals surface area contributed by atoms with Gasteiger partial charge in [0.25, 0.3) is 0 Å². The number of hydrogen-bond donors (Lipinski definition) is 1. The summed E-state index contributed by atoms with van der Waals surface area (Å²) in [7, 11) is 0. The summed E-state index contributed by atoms with van der Waals surface area (Å²) >= 11 is 1.47. The van der Waals surface area contributed by atoms with Crippen molar-refractivity contribution in [2.75, 3.05) is 24.8 Å². The molecule has 8 heteroatoms. The monoisotopic (exact) mass is 319 g/mol. The Balaban J connectivity index is 1.75. The lowest BCUT2D eigenvalue weighted by atomic mass is 9.99. The highest BCUT2D eigenvalue weighted by Gasteiger charge is 2.21. The average molecular weight is 319 g/mol. The molecule has 2 heterocycles. The quantitative estimate of drug-likeness (QED) is 0.865. The van der Waals surface area contributed by atoms with Gasteiger partial charge in [0, 0.05) is 24.8 Å². The minimum atomic E-state index is 0.0206. The van der Waals surface area contributed by atoms with E-state index in [1.54, 1.807) is 4.68 Å². The molecule has 116 valence electrons. The Bertz CT molecular complexity index is 654. The molecule has 0 unspecified atom stereocenters. The number of anilines is 1. The van der Waals surface area contributed by atoms with E-state index in [1.807, 2.05) is 30.5 Å². The lowest BCUT2D eigenvalue weighted by Gasteiger charge is -2.21. The Morgan fingerprint density at radius 1 is 1.41 bits per heavy atom. The van der Waals surface area contributed by atoms with Gasteiger partial charge in [0.2, 0.25) is 11.1 Å². The number of amides is 1. The molecule has 3 rings (SSSR count). The van der Waals surface area contributed by atoms with E-state index in [9.17, 15) is 4.79 Å². The zero-order chi connectivity index (χ0) is 15.4. The van der Waals surface area contributed by atoms with Gasteiger partial charge in [-0.15, -0.1) is 5.10 Å². The maximum Gasteiger partial charge on any atom is 0.227 e. The number of rotatable bonds is 4. The van der Waals surface area contributed by atoms with E-state index in [0.29, 0.717) is 18.4 Å². The van der Waals surface area contributed by atoms with Crippen LogP contribution >= 0.6 is 11.8 Å². The number of ether oxygens (including phenoxy) is 1. The lowest BCUT2D eigenvalue weighted by molar-refractivity contribution is -0.122. The number of nitrogens with one attached hydrogen (secondary N) is 1. The molecule has 0 saturated carbocycles. The van der Waals surface area contributed by atoms with Crippen molar-refractivity contribution in [2.24, 2.45) is 5.92 Å². The van der Waals surface area contributed by atoms with E-state index < -0.39 is 0 Å². The Hall–Kier alpha value is -1.93. The van der Waals surface area contributed by atoms with Gasteiger partial charge in [0.1, 0.15) is 0 Å². The van der Waals surface area contributed by atoms with Crippen LogP contribution in [0.15, 0.2) is 29.4 Å². The smallest absolute Gasteiger partial charge is 0.227 e. The van der Waals surface area contributed by atoms with Crippen molar-refractivity contribution >= 4 is 23.4 Å². The van der Waals surface area contributed by atoms with E-state index >= 15 is 0 Å².